The fourth-order valence-corrected chi connectivity index (χ4v) is 1.29. The van der Waals surface area contributed by atoms with Gasteiger partial charge in [-0.05, 0) is 25.5 Å². The molecule has 0 radical (unpaired) electrons. The van der Waals surface area contributed by atoms with Gasteiger partial charge in [0.25, 0.3) is 0 Å². The van der Waals surface area contributed by atoms with Crippen molar-refractivity contribution in [3.8, 4) is 5.75 Å². The van der Waals surface area contributed by atoms with Gasteiger partial charge in [-0.1, -0.05) is 17.7 Å². The predicted octanol–water partition coefficient (Wildman–Crippen LogP) is 1.96. The van der Waals surface area contributed by atoms with Gasteiger partial charge in [0.2, 0.25) is 0 Å². The lowest BCUT2D eigenvalue weighted by Gasteiger charge is -2.08. The molecule has 0 amide bonds. The van der Waals surface area contributed by atoms with Gasteiger partial charge >= 0.3 is 0 Å². The van der Waals surface area contributed by atoms with Crippen LogP contribution >= 0.6 is 0 Å². The van der Waals surface area contributed by atoms with Gasteiger partial charge in [0.1, 0.15) is 5.75 Å². The molecule has 3 nitrogen and oxygen atoms in total. The Labute approximate surface area is 84.8 Å². The van der Waals surface area contributed by atoms with Gasteiger partial charge < -0.3 is 9.57 Å². The van der Waals surface area contributed by atoms with Crippen LogP contribution in [0.15, 0.2) is 18.2 Å². The second kappa shape index (κ2) is 5.62. The molecule has 0 aliphatic rings. The minimum Gasteiger partial charge on any atom is -0.493 e. The van der Waals surface area contributed by atoms with E-state index in [9.17, 15) is 0 Å². The molecular weight excluding hydrogens is 178 g/mol. The maximum atomic E-state index is 5.56. The number of aryl methyl sites for hydroxylation is 2. The molecule has 0 aliphatic heterocycles. The molecule has 0 heterocycles. The molecule has 0 atom stereocenters. The van der Waals surface area contributed by atoms with Crippen molar-refractivity contribution in [2.45, 2.75) is 20.3 Å². The third kappa shape index (κ3) is 3.36. The third-order valence-corrected chi connectivity index (χ3v) is 1.99. The van der Waals surface area contributed by atoms with E-state index in [4.69, 9.17) is 10.6 Å². The van der Waals surface area contributed by atoms with E-state index in [1.807, 2.05) is 19.1 Å². The Hall–Kier alpha value is -1.06. The van der Waals surface area contributed by atoms with Gasteiger partial charge in [-0.3, -0.25) is 0 Å². The Morgan fingerprint density at radius 3 is 2.64 bits per heavy atom. The molecule has 1 aromatic rings. The third-order valence-electron chi connectivity index (χ3n) is 1.99. The largest absolute Gasteiger partial charge is 0.493 e. The van der Waals surface area contributed by atoms with E-state index < -0.39 is 0 Å². The maximum Gasteiger partial charge on any atom is 0.122 e. The van der Waals surface area contributed by atoms with Crippen LogP contribution in [-0.2, 0) is 4.84 Å². The average Bonchev–Trinajstić information content (AvgIpc) is 2.15. The van der Waals surface area contributed by atoms with Crippen molar-refractivity contribution < 1.29 is 9.57 Å². The van der Waals surface area contributed by atoms with Crippen molar-refractivity contribution >= 4 is 0 Å². The van der Waals surface area contributed by atoms with E-state index >= 15 is 0 Å². The molecular formula is C11H17NO2. The zero-order valence-corrected chi connectivity index (χ0v) is 8.75. The van der Waals surface area contributed by atoms with E-state index in [0.29, 0.717) is 13.2 Å². The molecule has 0 unspecified atom stereocenters. The number of benzene rings is 1. The summed E-state index contributed by atoms with van der Waals surface area (Å²) in [6.45, 7) is 5.28. The average molecular weight is 195 g/mol. The highest BCUT2D eigenvalue weighted by Crippen LogP contribution is 2.18. The maximum absolute atomic E-state index is 5.56. The summed E-state index contributed by atoms with van der Waals surface area (Å²) in [5.74, 6) is 5.84. The Morgan fingerprint density at radius 2 is 2.00 bits per heavy atom. The van der Waals surface area contributed by atoms with Crippen LogP contribution in [-0.4, -0.2) is 13.2 Å². The first-order valence-corrected chi connectivity index (χ1v) is 4.76. The zero-order chi connectivity index (χ0) is 10.4. The first-order chi connectivity index (χ1) is 6.74. The molecule has 2 N–H and O–H groups in total. The molecule has 78 valence electrons. The monoisotopic (exact) mass is 195 g/mol. The van der Waals surface area contributed by atoms with E-state index in [1.165, 1.54) is 11.1 Å². The molecule has 1 aromatic carbocycles. The van der Waals surface area contributed by atoms with E-state index in [2.05, 4.69) is 17.8 Å². The molecule has 0 aliphatic carbocycles. The van der Waals surface area contributed by atoms with E-state index in [0.717, 1.165) is 12.2 Å². The fourth-order valence-electron chi connectivity index (χ4n) is 1.29. The predicted molar refractivity (Wildman–Crippen MR) is 56.2 cm³/mol. The summed E-state index contributed by atoms with van der Waals surface area (Å²) in [5.41, 5.74) is 2.42. The van der Waals surface area contributed by atoms with Gasteiger partial charge in [0.15, 0.2) is 0 Å². The van der Waals surface area contributed by atoms with Crippen molar-refractivity contribution in [3.05, 3.63) is 29.3 Å². The van der Waals surface area contributed by atoms with Crippen LogP contribution in [0.5, 0.6) is 5.75 Å². The second-order valence-corrected chi connectivity index (χ2v) is 3.34. The number of ether oxygens (including phenoxy) is 1. The zero-order valence-electron chi connectivity index (χ0n) is 8.75. The van der Waals surface area contributed by atoms with Crippen LogP contribution in [0.25, 0.3) is 0 Å². The molecule has 0 saturated carbocycles. The summed E-state index contributed by atoms with van der Waals surface area (Å²) in [6.07, 6.45) is 0.809. The summed E-state index contributed by atoms with van der Waals surface area (Å²) in [4.78, 5) is 4.45. The Kier molecular flexibility index (Phi) is 4.43. The summed E-state index contributed by atoms with van der Waals surface area (Å²) in [5, 5.41) is 0. The summed E-state index contributed by atoms with van der Waals surface area (Å²) in [7, 11) is 0. The second-order valence-electron chi connectivity index (χ2n) is 3.34. The highest BCUT2D eigenvalue weighted by Gasteiger charge is 1.98. The topological polar surface area (TPSA) is 44.5 Å². The van der Waals surface area contributed by atoms with Gasteiger partial charge in [-0.25, -0.2) is 5.90 Å². The standard InChI is InChI=1S/C11H17NO2/c1-9-4-5-11(10(2)8-9)13-6-3-7-14-12/h4-5,8H,3,6-7,12H2,1-2H3. The van der Waals surface area contributed by atoms with Crippen LogP contribution < -0.4 is 10.6 Å². The Bertz CT molecular complexity index is 287. The molecule has 3 heteroatoms. The molecule has 1 rings (SSSR count). The van der Waals surface area contributed by atoms with Crippen molar-refractivity contribution in [1.82, 2.24) is 0 Å². The van der Waals surface area contributed by atoms with Crippen molar-refractivity contribution in [3.63, 3.8) is 0 Å². The van der Waals surface area contributed by atoms with Crippen molar-refractivity contribution in [1.29, 1.82) is 0 Å². The number of hydrogen-bond acceptors (Lipinski definition) is 3. The normalized spacial score (nSPS) is 10.2. The Balaban J connectivity index is 2.42. The van der Waals surface area contributed by atoms with Crippen LogP contribution in [0.4, 0.5) is 0 Å². The minimum absolute atomic E-state index is 0.533. The number of nitrogens with two attached hydrogens (primary N) is 1. The molecule has 0 aromatic heterocycles. The Morgan fingerprint density at radius 1 is 1.21 bits per heavy atom. The summed E-state index contributed by atoms with van der Waals surface area (Å²) in [6, 6.07) is 6.14. The van der Waals surface area contributed by atoms with Gasteiger partial charge in [0.05, 0.1) is 13.2 Å². The highest BCUT2D eigenvalue weighted by molar-refractivity contribution is 5.35. The smallest absolute Gasteiger partial charge is 0.122 e. The molecule has 14 heavy (non-hydrogen) atoms. The molecule has 0 saturated heterocycles. The lowest BCUT2D eigenvalue weighted by atomic mass is 10.1. The molecule has 0 fully saturated rings. The molecule has 0 bridgehead atoms. The summed E-state index contributed by atoms with van der Waals surface area (Å²) < 4.78 is 5.56. The SMILES string of the molecule is Cc1ccc(OCCCON)c(C)c1. The van der Waals surface area contributed by atoms with E-state index in [1.54, 1.807) is 0 Å². The summed E-state index contributed by atoms with van der Waals surface area (Å²) >= 11 is 0. The van der Waals surface area contributed by atoms with Crippen LogP contribution in [0, 0.1) is 13.8 Å². The number of hydrogen-bond donors (Lipinski definition) is 1. The van der Waals surface area contributed by atoms with Gasteiger partial charge in [0, 0.05) is 6.42 Å². The first kappa shape index (κ1) is 11.0. The van der Waals surface area contributed by atoms with Crippen molar-refractivity contribution in [2.24, 2.45) is 5.90 Å². The molecule has 0 spiro atoms. The van der Waals surface area contributed by atoms with Crippen LogP contribution in [0.3, 0.4) is 0 Å². The van der Waals surface area contributed by atoms with E-state index in [-0.39, 0.29) is 0 Å². The lowest BCUT2D eigenvalue weighted by molar-refractivity contribution is 0.122. The van der Waals surface area contributed by atoms with Gasteiger partial charge in [-0.15, -0.1) is 0 Å². The number of rotatable bonds is 5. The van der Waals surface area contributed by atoms with Crippen LogP contribution in [0.1, 0.15) is 17.5 Å². The minimum atomic E-state index is 0.533. The highest BCUT2D eigenvalue weighted by atomic mass is 16.6. The fraction of sp³-hybridized carbons (Fsp3) is 0.455. The van der Waals surface area contributed by atoms with Crippen molar-refractivity contribution in [2.75, 3.05) is 13.2 Å². The van der Waals surface area contributed by atoms with Crippen LogP contribution in [0.2, 0.25) is 0 Å². The first-order valence-electron chi connectivity index (χ1n) is 4.76. The quantitative estimate of drug-likeness (QED) is 0.577. The lowest BCUT2D eigenvalue weighted by Crippen LogP contribution is -2.06. The van der Waals surface area contributed by atoms with Gasteiger partial charge in [-0.2, -0.15) is 0 Å².